The molecule has 122 valence electrons. The van der Waals surface area contributed by atoms with Crippen LogP contribution in [0.5, 0.6) is 5.75 Å². The number of ether oxygens (including phenoxy) is 1. The van der Waals surface area contributed by atoms with E-state index in [0.717, 1.165) is 31.2 Å². The van der Waals surface area contributed by atoms with Crippen molar-refractivity contribution in [2.75, 3.05) is 27.2 Å². The van der Waals surface area contributed by atoms with E-state index in [4.69, 9.17) is 4.74 Å². The molecule has 1 fully saturated rings. The fourth-order valence-electron chi connectivity index (χ4n) is 3.15. The monoisotopic (exact) mass is 303 g/mol. The second kappa shape index (κ2) is 8.06. The molecule has 22 heavy (non-hydrogen) atoms. The predicted octanol–water partition coefficient (Wildman–Crippen LogP) is 2.98. The number of hydrogen-bond donors (Lipinski definition) is 2. The minimum Gasteiger partial charge on any atom is -0.496 e. The van der Waals surface area contributed by atoms with Crippen molar-refractivity contribution in [2.24, 2.45) is 10.4 Å². The van der Waals surface area contributed by atoms with E-state index >= 15 is 0 Å². The highest BCUT2D eigenvalue weighted by molar-refractivity contribution is 5.79. The topological polar surface area (TPSA) is 45.7 Å². The SMILES string of the molecule is CN=C(NCCc1ccccc1OC)NCC1(C)CCCC1. The number of methoxy groups -OCH3 is 1. The highest BCUT2D eigenvalue weighted by Gasteiger charge is 2.28. The van der Waals surface area contributed by atoms with Gasteiger partial charge in [0.25, 0.3) is 0 Å². The molecule has 0 radical (unpaired) electrons. The lowest BCUT2D eigenvalue weighted by Gasteiger charge is -2.25. The summed E-state index contributed by atoms with van der Waals surface area (Å²) in [4.78, 5) is 4.32. The van der Waals surface area contributed by atoms with Gasteiger partial charge in [0.2, 0.25) is 0 Å². The Labute approximate surface area is 134 Å². The van der Waals surface area contributed by atoms with E-state index in [2.05, 4.69) is 28.6 Å². The van der Waals surface area contributed by atoms with Crippen LogP contribution in [0.25, 0.3) is 0 Å². The molecule has 0 unspecified atom stereocenters. The standard InChI is InChI=1S/C18H29N3O/c1-18(11-6-7-12-18)14-21-17(19-2)20-13-10-15-8-4-5-9-16(15)22-3/h4-5,8-9H,6-7,10-14H2,1-3H3,(H2,19,20,21). The first-order valence-corrected chi connectivity index (χ1v) is 8.23. The Morgan fingerprint density at radius 2 is 1.95 bits per heavy atom. The maximum absolute atomic E-state index is 5.38. The van der Waals surface area contributed by atoms with Gasteiger partial charge in [-0.2, -0.15) is 0 Å². The van der Waals surface area contributed by atoms with Gasteiger partial charge < -0.3 is 15.4 Å². The van der Waals surface area contributed by atoms with E-state index < -0.39 is 0 Å². The largest absolute Gasteiger partial charge is 0.496 e. The van der Waals surface area contributed by atoms with Crippen molar-refractivity contribution in [2.45, 2.75) is 39.0 Å². The molecule has 0 spiro atoms. The zero-order valence-corrected chi connectivity index (χ0v) is 14.1. The number of nitrogens with one attached hydrogen (secondary N) is 2. The summed E-state index contributed by atoms with van der Waals surface area (Å²) in [5, 5.41) is 6.87. The average molecular weight is 303 g/mol. The first-order valence-electron chi connectivity index (χ1n) is 8.23. The van der Waals surface area contributed by atoms with Crippen molar-refractivity contribution in [3.8, 4) is 5.75 Å². The van der Waals surface area contributed by atoms with Gasteiger partial charge in [0.05, 0.1) is 7.11 Å². The van der Waals surface area contributed by atoms with Crippen molar-refractivity contribution < 1.29 is 4.74 Å². The van der Waals surface area contributed by atoms with Crippen LogP contribution in [0.1, 0.15) is 38.2 Å². The molecule has 2 rings (SSSR count). The first kappa shape index (κ1) is 16.7. The van der Waals surface area contributed by atoms with E-state index in [9.17, 15) is 0 Å². The van der Waals surface area contributed by atoms with Crippen molar-refractivity contribution >= 4 is 5.96 Å². The third kappa shape index (κ3) is 4.65. The lowest BCUT2D eigenvalue weighted by Crippen LogP contribution is -2.42. The summed E-state index contributed by atoms with van der Waals surface area (Å²) in [6.45, 7) is 4.22. The zero-order valence-electron chi connectivity index (χ0n) is 14.1. The molecular formula is C18H29N3O. The Kier molecular flexibility index (Phi) is 6.10. The number of guanidine groups is 1. The van der Waals surface area contributed by atoms with Gasteiger partial charge in [-0.15, -0.1) is 0 Å². The molecule has 1 aliphatic carbocycles. The van der Waals surface area contributed by atoms with Gasteiger partial charge in [-0.3, -0.25) is 4.99 Å². The predicted molar refractivity (Wildman–Crippen MR) is 92.6 cm³/mol. The normalized spacial score (nSPS) is 17.3. The zero-order chi connectivity index (χ0) is 15.8. The second-order valence-corrected chi connectivity index (χ2v) is 6.43. The molecule has 0 amide bonds. The van der Waals surface area contributed by atoms with Crippen molar-refractivity contribution in [3.63, 3.8) is 0 Å². The van der Waals surface area contributed by atoms with E-state index in [1.54, 1.807) is 7.11 Å². The van der Waals surface area contributed by atoms with Crippen molar-refractivity contribution in [3.05, 3.63) is 29.8 Å². The Bertz CT molecular complexity index is 493. The van der Waals surface area contributed by atoms with Crippen LogP contribution in [0.4, 0.5) is 0 Å². The van der Waals surface area contributed by atoms with E-state index in [1.807, 2.05) is 25.2 Å². The van der Waals surface area contributed by atoms with Gasteiger partial charge in [-0.25, -0.2) is 0 Å². The van der Waals surface area contributed by atoms with Crippen LogP contribution in [0.3, 0.4) is 0 Å². The van der Waals surface area contributed by atoms with Crippen molar-refractivity contribution in [1.29, 1.82) is 0 Å². The van der Waals surface area contributed by atoms with Crippen LogP contribution >= 0.6 is 0 Å². The Hall–Kier alpha value is -1.71. The van der Waals surface area contributed by atoms with Crippen LogP contribution in [-0.2, 0) is 6.42 Å². The minimum atomic E-state index is 0.431. The third-order valence-corrected chi connectivity index (χ3v) is 4.60. The number of rotatable bonds is 6. The van der Waals surface area contributed by atoms with E-state index in [0.29, 0.717) is 5.41 Å². The molecule has 0 bridgehead atoms. The van der Waals surface area contributed by atoms with E-state index in [1.165, 1.54) is 31.2 Å². The maximum atomic E-state index is 5.38. The van der Waals surface area contributed by atoms with Gasteiger partial charge in [0.15, 0.2) is 5.96 Å². The lowest BCUT2D eigenvalue weighted by atomic mass is 9.89. The number of nitrogens with zero attached hydrogens (tertiary/aromatic N) is 1. The first-order chi connectivity index (χ1) is 10.7. The minimum absolute atomic E-state index is 0.431. The number of benzene rings is 1. The van der Waals surface area contributed by atoms with Gasteiger partial charge in [-0.05, 0) is 36.3 Å². The molecule has 1 aliphatic rings. The fourth-order valence-corrected chi connectivity index (χ4v) is 3.15. The molecule has 0 saturated heterocycles. The van der Waals surface area contributed by atoms with Crippen LogP contribution in [-0.4, -0.2) is 33.2 Å². The third-order valence-electron chi connectivity index (χ3n) is 4.60. The average Bonchev–Trinajstić information content (AvgIpc) is 2.98. The van der Waals surface area contributed by atoms with Gasteiger partial charge >= 0.3 is 0 Å². The summed E-state index contributed by atoms with van der Waals surface area (Å²) >= 11 is 0. The van der Waals surface area contributed by atoms with Crippen LogP contribution in [0, 0.1) is 5.41 Å². The molecule has 4 nitrogen and oxygen atoms in total. The Balaban J connectivity index is 1.77. The van der Waals surface area contributed by atoms with Crippen LogP contribution < -0.4 is 15.4 Å². The summed E-state index contributed by atoms with van der Waals surface area (Å²) in [7, 11) is 3.55. The summed E-state index contributed by atoms with van der Waals surface area (Å²) in [5.74, 6) is 1.84. The van der Waals surface area contributed by atoms with Crippen LogP contribution in [0.15, 0.2) is 29.3 Å². The Morgan fingerprint density at radius 1 is 1.23 bits per heavy atom. The maximum Gasteiger partial charge on any atom is 0.191 e. The molecular weight excluding hydrogens is 274 g/mol. The molecule has 0 heterocycles. The smallest absolute Gasteiger partial charge is 0.191 e. The number of para-hydroxylation sites is 1. The van der Waals surface area contributed by atoms with Crippen LogP contribution in [0.2, 0.25) is 0 Å². The molecule has 0 atom stereocenters. The summed E-state index contributed by atoms with van der Waals surface area (Å²) < 4.78 is 5.38. The molecule has 1 aromatic rings. The summed E-state index contributed by atoms with van der Waals surface area (Å²) in [6.07, 6.45) is 6.27. The van der Waals surface area contributed by atoms with Crippen molar-refractivity contribution in [1.82, 2.24) is 10.6 Å². The molecule has 0 aliphatic heterocycles. The highest BCUT2D eigenvalue weighted by Crippen LogP contribution is 2.36. The van der Waals surface area contributed by atoms with Gasteiger partial charge in [-0.1, -0.05) is 38.0 Å². The fraction of sp³-hybridized carbons (Fsp3) is 0.611. The van der Waals surface area contributed by atoms with Gasteiger partial charge in [0.1, 0.15) is 5.75 Å². The molecule has 2 N–H and O–H groups in total. The highest BCUT2D eigenvalue weighted by atomic mass is 16.5. The number of aliphatic imine (C=N–C) groups is 1. The second-order valence-electron chi connectivity index (χ2n) is 6.43. The molecule has 4 heteroatoms. The Morgan fingerprint density at radius 3 is 2.64 bits per heavy atom. The molecule has 0 aromatic heterocycles. The summed E-state index contributed by atoms with van der Waals surface area (Å²) in [5.41, 5.74) is 1.65. The number of hydrogen-bond acceptors (Lipinski definition) is 2. The quantitative estimate of drug-likeness (QED) is 0.627. The molecule has 1 aromatic carbocycles. The van der Waals surface area contributed by atoms with Gasteiger partial charge in [0, 0.05) is 20.1 Å². The lowest BCUT2D eigenvalue weighted by molar-refractivity contribution is 0.334. The molecule has 1 saturated carbocycles. The van der Waals surface area contributed by atoms with E-state index in [-0.39, 0.29) is 0 Å². The summed E-state index contributed by atoms with van der Waals surface area (Å²) in [6, 6.07) is 8.16.